The minimum absolute atomic E-state index is 0.416. The predicted molar refractivity (Wildman–Crippen MR) is 65.6 cm³/mol. The molecule has 1 saturated heterocycles. The minimum Gasteiger partial charge on any atom is -0.352 e. The summed E-state index contributed by atoms with van der Waals surface area (Å²) in [6.07, 6.45) is 3.20. The largest absolute Gasteiger partial charge is 0.352 e. The van der Waals surface area contributed by atoms with Crippen LogP contribution in [0.1, 0.15) is 12.6 Å². The summed E-state index contributed by atoms with van der Waals surface area (Å²) < 4.78 is 0. The minimum atomic E-state index is 0.416. The Morgan fingerprint density at radius 1 is 1.35 bits per heavy atom. The van der Waals surface area contributed by atoms with Gasteiger partial charge in [-0.3, -0.25) is 0 Å². The van der Waals surface area contributed by atoms with E-state index in [0.29, 0.717) is 23.5 Å². The highest BCUT2D eigenvalue weighted by Crippen LogP contribution is 2.25. The maximum atomic E-state index is 9.03. The fourth-order valence-corrected chi connectivity index (χ4v) is 2.44. The molecule has 1 aromatic rings. The molecule has 5 nitrogen and oxygen atoms in total. The van der Waals surface area contributed by atoms with E-state index in [9.17, 15) is 0 Å². The second kappa shape index (κ2) is 4.68. The fraction of sp³-hybridized carbons (Fsp3) is 0.583. The average Bonchev–Trinajstić information content (AvgIpc) is 2.71. The third kappa shape index (κ3) is 2.22. The van der Waals surface area contributed by atoms with Crippen molar-refractivity contribution in [3.8, 4) is 6.07 Å². The lowest BCUT2D eigenvalue weighted by atomic mass is 10.1. The van der Waals surface area contributed by atoms with Gasteiger partial charge in [-0.2, -0.15) is 5.26 Å². The number of anilines is 1. The molecule has 1 aliphatic rings. The molecule has 0 saturated carbocycles. The van der Waals surface area contributed by atoms with Crippen LogP contribution in [0.2, 0.25) is 0 Å². The molecule has 0 amide bonds. The summed E-state index contributed by atoms with van der Waals surface area (Å²) in [6.45, 7) is 4.06. The first-order valence-electron chi connectivity index (χ1n) is 5.76. The number of aromatic nitrogens is 2. The first kappa shape index (κ1) is 11.8. The third-order valence-corrected chi connectivity index (χ3v) is 3.32. The second-order valence-corrected chi connectivity index (χ2v) is 4.75. The van der Waals surface area contributed by atoms with Gasteiger partial charge >= 0.3 is 0 Å². The quantitative estimate of drug-likeness (QED) is 0.751. The van der Waals surface area contributed by atoms with Crippen LogP contribution < -0.4 is 4.90 Å². The number of hydrogen-bond donors (Lipinski definition) is 0. The molecule has 5 heteroatoms. The molecular weight excluding hydrogens is 214 g/mol. The van der Waals surface area contributed by atoms with Gasteiger partial charge in [0.15, 0.2) is 11.5 Å². The average molecular weight is 231 g/mol. The van der Waals surface area contributed by atoms with Crippen LogP contribution >= 0.6 is 0 Å². The smallest absolute Gasteiger partial charge is 0.183 e. The summed E-state index contributed by atoms with van der Waals surface area (Å²) in [5.74, 6) is 1.28. The zero-order valence-electron chi connectivity index (χ0n) is 10.5. The normalized spacial score (nSPS) is 24.1. The molecule has 0 aromatic carbocycles. The van der Waals surface area contributed by atoms with Gasteiger partial charge in [0.25, 0.3) is 0 Å². The highest BCUT2D eigenvalue weighted by atomic mass is 15.3. The van der Waals surface area contributed by atoms with Crippen LogP contribution in [0, 0.1) is 17.2 Å². The van der Waals surface area contributed by atoms with E-state index in [1.54, 1.807) is 12.4 Å². The number of hydrogen-bond acceptors (Lipinski definition) is 5. The summed E-state index contributed by atoms with van der Waals surface area (Å²) in [7, 11) is 4.18. The van der Waals surface area contributed by atoms with Crippen LogP contribution in [0.4, 0.5) is 5.82 Å². The van der Waals surface area contributed by atoms with E-state index < -0.39 is 0 Å². The zero-order chi connectivity index (χ0) is 12.4. The lowest BCUT2D eigenvalue weighted by molar-refractivity contribution is 0.266. The third-order valence-electron chi connectivity index (χ3n) is 3.32. The summed E-state index contributed by atoms with van der Waals surface area (Å²) in [6, 6.07) is 2.61. The Morgan fingerprint density at radius 2 is 2.06 bits per heavy atom. The van der Waals surface area contributed by atoms with Crippen LogP contribution in [0.5, 0.6) is 0 Å². The molecule has 0 radical (unpaired) electrons. The summed E-state index contributed by atoms with van der Waals surface area (Å²) >= 11 is 0. The van der Waals surface area contributed by atoms with Gasteiger partial charge in [0.2, 0.25) is 0 Å². The molecule has 90 valence electrons. The molecule has 1 fully saturated rings. The Balaban J connectivity index is 2.23. The molecule has 2 atom stereocenters. The van der Waals surface area contributed by atoms with Crippen molar-refractivity contribution >= 4 is 5.82 Å². The lowest BCUT2D eigenvalue weighted by Gasteiger charge is -2.22. The number of likely N-dealkylation sites (N-methyl/N-ethyl adjacent to an activating group) is 1. The van der Waals surface area contributed by atoms with E-state index in [1.165, 1.54) is 0 Å². The fourth-order valence-electron chi connectivity index (χ4n) is 2.44. The number of nitriles is 1. The molecule has 1 aliphatic heterocycles. The predicted octanol–water partition coefficient (Wildman–Crippen LogP) is 0.735. The summed E-state index contributed by atoms with van der Waals surface area (Å²) in [5, 5.41) is 9.03. The van der Waals surface area contributed by atoms with Crippen LogP contribution in [-0.2, 0) is 0 Å². The lowest BCUT2D eigenvalue weighted by Crippen LogP contribution is -2.34. The van der Waals surface area contributed by atoms with Crippen LogP contribution in [0.15, 0.2) is 12.4 Å². The maximum absolute atomic E-state index is 9.03. The monoisotopic (exact) mass is 231 g/mol. The first-order chi connectivity index (χ1) is 8.13. The maximum Gasteiger partial charge on any atom is 0.183 e. The van der Waals surface area contributed by atoms with Crippen LogP contribution in [0.3, 0.4) is 0 Å². The van der Waals surface area contributed by atoms with Crippen molar-refractivity contribution in [1.82, 2.24) is 14.9 Å². The molecule has 2 heterocycles. The number of rotatable bonds is 2. The summed E-state index contributed by atoms with van der Waals surface area (Å²) in [4.78, 5) is 12.7. The summed E-state index contributed by atoms with van der Waals surface area (Å²) in [5.41, 5.74) is 0.416. The number of nitrogens with zero attached hydrogens (tertiary/aromatic N) is 5. The van der Waals surface area contributed by atoms with Crippen LogP contribution in [-0.4, -0.2) is 48.1 Å². The Labute approximate surface area is 102 Å². The zero-order valence-corrected chi connectivity index (χ0v) is 10.5. The molecule has 2 unspecified atom stereocenters. The van der Waals surface area contributed by atoms with E-state index in [1.807, 2.05) is 0 Å². The Bertz CT molecular complexity index is 437. The van der Waals surface area contributed by atoms with E-state index in [2.05, 4.69) is 46.9 Å². The van der Waals surface area contributed by atoms with Crippen LogP contribution in [0.25, 0.3) is 0 Å². The van der Waals surface area contributed by atoms with Gasteiger partial charge in [-0.15, -0.1) is 0 Å². The highest BCUT2D eigenvalue weighted by molar-refractivity contribution is 5.50. The Kier molecular flexibility index (Phi) is 3.25. The van der Waals surface area contributed by atoms with Gasteiger partial charge in [0.1, 0.15) is 6.07 Å². The van der Waals surface area contributed by atoms with Gasteiger partial charge in [-0.25, -0.2) is 9.97 Å². The van der Waals surface area contributed by atoms with E-state index in [0.717, 1.165) is 13.1 Å². The van der Waals surface area contributed by atoms with Crippen molar-refractivity contribution in [2.75, 3.05) is 32.1 Å². The molecular formula is C12H17N5. The second-order valence-electron chi connectivity index (χ2n) is 4.75. The molecule has 17 heavy (non-hydrogen) atoms. The molecule has 0 spiro atoms. The van der Waals surface area contributed by atoms with Gasteiger partial charge in [0, 0.05) is 31.5 Å². The topological polar surface area (TPSA) is 56.1 Å². The molecule has 1 aromatic heterocycles. The van der Waals surface area contributed by atoms with Crippen molar-refractivity contribution in [1.29, 1.82) is 5.26 Å². The van der Waals surface area contributed by atoms with E-state index >= 15 is 0 Å². The molecule has 2 rings (SSSR count). The highest BCUT2D eigenvalue weighted by Gasteiger charge is 2.32. The van der Waals surface area contributed by atoms with Crippen molar-refractivity contribution < 1.29 is 0 Å². The van der Waals surface area contributed by atoms with Crippen molar-refractivity contribution in [2.45, 2.75) is 13.0 Å². The van der Waals surface area contributed by atoms with E-state index in [-0.39, 0.29) is 0 Å². The van der Waals surface area contributed by atoms with Gasteiger partial charge in [-0.05, 0) is 20.0 Å². The van der Waals surface area contributed by atoms with Gasteiger partial charge in [-0.1, -0.05) is 6.92 Å². The van der Waals surface area contributed by atoms with E-state index in [4.69, 9.17) is 5.26 Å². The Morgan fingerprint density at radius 3 is 2.65 bits per heavy atom. The van der Waals surface area contributed by atoms with Gasteiger partial charge < -0.3 is 9.80 Å². The molecule has 0 bridgehead atoms. The van der Waals surface area contributed by atoms with Crippen molar-refractivity contribution in [3.63, 3.8) is 0 Å². The Hall–Kier alpha value is -1.67. The molecule has 0 aliphatic carbocycles. The van der Waals surface area contributed by atoms with Gasteiger partial charge in [0.05, 0.1) is 0 Å². The molecule has 0 N–H and O–H groups in total. The first-order valence-corrected chi connectivity index (χ1v) is 5.76. The van der Waals surface area contributed by atoms with Crippen molar-refractivity contribution in [2.24, 2.45) is 5.92 Å². The SMILES string of the molecule is CC1CN(c2nccnc2C#N)CC1N(C)C. The van der Waals surface area contributed by atoms with Crippen molar-refractivity contribution in [3.05, 3.63) is 18.1 Å². The standard InChI is InChI=1S/C12H17N5/c1-9-7-17(8-11(9)16(2)3)12-10(6-13)14-4-5-15-12/h4-5,9,11H,7-8H2,1-3H3.